The molecular formula is C20H19N3O3. The van der Waals surface area contributed by atoms with E-state index in [-0.39, 0.29) is 12.4 Å². The number of hydrogen-bond donors (Lipinski definition) is 1. The van der Waals surface area contributed by atoms with Gasteiger partial charge in [0.25, 0.3) is 5.56 Å². The number of anilines is 1. The van der Waals surface area contributed by atoms with E-state index in [2.05, 4.69) is 10.3 Å². The summed E-state index contributed by atoms with van der Waals surface area (Å²) in [6.45, 7) is 3.25. The maximum Gasteiger partial charge on any atom is 0.253 e. The second-order valence-corrected chi connectivity index (χ2v) is 6.17. The van der Waals surface area contributed by atoms with E-state index in [9.17, 15) is 4.79 Å². The topological polar surface area (TPSA) is 65.4 Å². The van der Waals surface area contributed by atoms with Crippen molar-refractivity contribution in [1.82, 2.24) is 9.55 Å². The zero-order valence-electron chi connectivity index (χ0n) is 14.4. The van der Waals surface area contributed by atoms with E-state index >= 15 is 0 Å². The lowest BCUT2D eigenvalue weighted by Crippen LogP contribution is -2.23. The molecule has 0 bridgehead atoms. The van der Waals surface area contributed by atoms with Crippen LogP contribution in [0.5, 0.6) is 11.5 Å². The number of rotatable bonds is 5. The van der Waals surface area contributed by atoms with Crippen molar-refractivity contribution in [3.63, 3.8) is 0 Å². The first-order valence-corrected chi connectivity index (χ1v) is 8.43. The summed E-state index contributed by atoms with van der Waals surface area (Å²) >= 11 is 0. The molecule has 0 amide bonds. The molecule has 6 heteroatoms. The second-order valence-electron chi connectivity index (χ2n) is 6.17. The average molecular weight is 349 g/mol. The third-order valence-electron chi connectivity index (χ3n) is 4.32. The first-order chi connectivity index (χ1) is 12.7. The van der Waals surface area contributed by atoms with Gasteiger partial charge in [0, 0.05) is 30.2 Å². The molecule has 1 aliphatic heterocycles. The van der Waals surface area contributed by atoms with Crippen LogP contribution < -0.4 is 20.3 Å². The molecule has 1 aromatic carbocycles. The molecule has 3 heterocycles. The van der Waals surface area contributed by atoms with Crippen LogP contribution in [0.4, 0.5) is 5.69 Å². The Balaban J connectivity index is 1.48. The highest BCUT2D eigenvalue weighted by Gasteiger charge is 2.13. The van der Waals surface area contributed by atoms with E-state index in [4.69, 9.17) is 9.47 Å². The van der Waals surface area contributed by atoms with E-state index in [0.29, 0.717) is 13.1 Å². The monoisotopic (exact) mass is 349 g/mol. The van der Waals surface area contributed by atoms with Gasteiger partial charge in [0.15, 0.2) is 11.5 Å². The van der Waals surface area contributed by atoms with Crippen molar-refractivity contribution in [3.05, 3.63) is 82.0 Å². The molecule has 0 atom stereocenters. The predicted octanol–water partition coefficient (Wildman–Crippen LogP) is 2.94. The molecule has 0 unspecified atom stereocenters. The average Bonchev–Trinajstić information content (AvgIpc) is 3.12. The minimum absolute atomic E-state index is 0.0520. The molecule has 2 aromatic heterocycles. The summed E-state index contributed by atoms with van der Waals surface area (Å²) < 4.78 is 12.4. The van der Waals surface area contributed by atoms with Crippen LogP contribution >= 0.6 is 0 Å². The van der Waals surface area contributed by atoms with Crippen LogP contribution in [-0.2, 0) is 13.1 Å². The van der Waals surface area contributed by atoms with Gasteiger partial charge in [-0.1, -0.05) is 12.1 Å². The molecule has 0 saturated heterocycles. The lowest BCUT2D eigenvalue weighted by atomic mass is 10.2. The van der Waals surface area contributed by atoms with E-state index < -0.39 is 0 Å². The van der Waals surface area contributed by atoms with Crippen molar-refractivity contribution in [1.29, 1.82) is 0 Å². The van der Waals surface area contributed by atoms with Crippen LogP contribution in [0, 0.1) is 6.92 Å². The molecule has 3 aromatic rings. The highest BCUT2D eigenvalue weighted by atomic mass is 16.7. The molecule has 0 saturated carbocycles. The SMILES string of the molecule is Cc1cc(NCc2ccc3c(c2)OCO3)cc(=O)n1Cc1ccccn1. The van der Waals surface area contributed by atoms with Crippen molar-refractivity contribution in [2.45, 2.75) is 20.0 Å². The maximum absolute atomic E-state index is 12.5. The molecule has 6 nitrogen and oxygen atoms in total. The summed E-state index contributed by atoms with van der Waals surface area (Å²) in [4.78, 5) is 16.8. The minimum Gasteiger partial charge on any atom is -0.454 e. The third kappa shape index (κ3) is 3.39. The van der Waals surface area contributed by atoms with E-state index in [0.717, 1.165) is 34.1 Å². The minimum atomic E-state index is -0.0520. The summed E-state index contributed by atoms with van der Waals surface area (Å²) in [6, 6.07) is 15.1. The summed E-state index contributed by atoms with van der Waals surface area (Å²) in [5, 5.41) is 3.30. The Morgan fingerprint density at radius 3 is 2.81 bits per heavy atom. The van der Waals surface area contributed by atoms with Gasteiger partial charge < -0.3 is 19.4 Å². The van der Waals surface area contributed by atoms with Gasteiger partial charge in [-0.3, -0.25) is 9.78 Å². The fraction of sp³-hybridized carbons (Fsp3) is 0.200. The molecule has 0 aliphatic carbocycles. The third-order valence-corrected chi connectivity index (χ3v) is 4.32. The number of ether oxygens (including phenoxy) is 2. The van der Waals surface area contributed by atoms with Gasteiger partial charge in [-0.15, -0.1) is 0 Å². The molecule has 0 fully saturated rings. The molecule has 1 aliphatic rings. The molecule has 4 rings (SSSR count). The van der Waals surface area contributed by atoms with Crippen molar-refractivity contribution < 1.29 is 9.47 Å². The number of fused-ring (bicyclic) bond motifs is 1. The number of hydrogen-bond acceptors (Lipinski definition) is 5. The van der Waals surface area contributed by atoms with Gasteiger partial charge in [-0.25, -0.2) is 0 Å². The Hall–Kier alpha value is -3.28. The Bertz CT molecular complexity index is 983. The Morgan fingerprint density at radius 1 is 1.12 bits per heavy atom. The number of nitrogens with one attached hydrogen (secondary N) is 1. The largest absolute Gasteiger partial charge is 0.454 e. The van der Waals surface area contributed by atoms with Crippen LogP contribution in [0.15, 0.2) is 59.5 Å². The highest BCUT2D eigenvalue weighted by molar-refractivity contribution is 5.47. The van der Waals surface area contributed by atoms with E-state index in [1.54, 1.807) is 16.8 Å². The van der Waals surface area contributed by atoms with Crippen molar-refractivity contribution in [3.8, 4) is 11.5 Å². The number of nitrogens with zero attached hydrogens (tertiary/aromatic N) is 2. The van der Waals surface area contributed by atoms with Gasteiger partial charge in [-0.2, -0.15) is 0 Å². The maximum atomic E-state index is 12.5. The Morgan fingerprint density at radius 2 is 2.00 bits per heavy atom. The smallest absolute Gasteiger partial charge is 0.253 e. The van der Waals surface area contributed by atoms with Crippen LogP contribution in [0.2, 0.25) is 0 Å². The number of pyridine rings is 2. The lowest BCUT2D eigenvalue weighted by Gasteiger charge is -2.13. The van der Waals surface area contributed by atoms with Gasteiger partial charge in [0.1, 0.15) is 0 Å². The first kappa shape index (κ1) is 16.2. The molecule has 1 N–H and O–H groups in total. The zero-order chi connectivity index (χ0) is 17.9. The first-order valence-electron chi connectivity index (χ1n) is 8.43. The van der Waals surface area contributed by atoms with Gasteiger partial charge in [-0.05, 0) is 42.8 Å². The zero-order valence-corrected chi connectivity index (χ0v) is 14.4. The predicted molar refractivity (Wildman–Crippen MR) is 98.7 cm³/mol. The van der Waals surface area contributed by atoms with Crippen LogP contribution in [0.3, 0.4) is 0 Å². The fourth-order valence-corrected chi connectivity index (χ4v) is 2.94. The molecule has 0 spiro atoms. The van der Waals surface area contributed by atoms with E-state index in [1.807, 2.05) is 49.4 Å². The fourth-order valence-electron chi connectivity index (χ4n) is 2.94. The van der Waals surface area contributed by atoms with Gasteiger partial charge >= 0.3 is 0 Å². The van der Waals surface area contributed by atoms with E-state index in [1.165, 1.54) is 0 Å². The summed E-state index contributed by atoms with van der Waals surface area (Å²) in [5.41, 5.74) is 3.55. The van der Waals surface area contributed by atoms with Crippen molar-refractivity contribution in [2.75, 3.05) is 12.1 Å². The van der Waals surface area contributed by atoms with Crippen LogP contribution in [0.1, 0.15) is 17.0 Å². The van der Waals surface area contributed by atoms with Gasteiger partial charge in [0.2, 0.25) is 6.79 Å². The summed E-state index contributed by atoms with van der Waals surface area (Å²) in [7, 11) is 0. The quantitative estimate of drug-likeness (QED) is 0.767. The van der Waals surface area contributed by atoms with Crippen molar-refractivity contribution in [2.24, 2.45) is 0 Å². The standard InChI is InChI=1S/C20H19N3O3/c1-14-8-17(10-20(24)23(14)12-16-4-2-3-7-21-16)22-11-15-5-6-18-19(9-15)26-13-25-18/h2-10,22H,11-13H2,1H3. The highest BCUT2D eigenvalue weighted by Crippen LogP contribution is 2.32. The Labute approximate surface area is 151 Å². The number of aromatic nitrogens is 2. The van der Waals surface area contributed by atoms with Crippen LogP contribution in [0.25, 0.3) is 0 Å². The number of benzene rings is 1. The molecule has 0 radical (unpaired) electrons. The Kier molecular flexibility index (Phi) is 4.31. The summed E-state index contributed by atoms with van der Waals surface area (Å²) in [6.07, 6.45) is 1.73. The van der Waals surface area contributed by atoms with Crippen LogP contribution in [-0.4, -0.2) is 16.3 Å². The lowest BCUT2D eigenvalue weighted by molar-refractivity contribution is 0.174. The van der Waals surface area contributed by atoms with Gasteiger partial charge in [0.05, 0.1) is 12.2 Å². The molecule has 132 valence electrons. The normalized spacial score (nSPS) is 12.2. The molecular weight excluding hydrogens is 330 g/mol. The van der Waals surface area contributed by atoms with Crippen molar-refractivity contribution >= 4 is 5.69 Å². The second kappa shape index (κ2) is 6.92. The molecule has 26 heavy (non-hydrogen) atoms. The summed E-state index contributed by atoms with van der Waals surface area (Å²) in [5.74, 6) is 1.52. The number of aryl methyl sites for hydroxylation is 1.